The van der Waals surface area contributed by atoms with Gasteiger partial charge in [0, 0.05) is 53.4 Å². The first-order valence-corrected chi connectivity index (χ1v) is 10.2. The summed E-state index contributed by atoms with van der Waals surface area (Å²) >= 11 is 0. The Labute approximate surface area is 185 Å². The Balaban J connectivity index is 1.66. The van der Waals surface area contributed by atoms with Crippen molar-refractivity contribution in [3.8, 4) is 22.3 Å². The van der Waals surface area contributed by atoms with Crippen LogP contribution in [-0.2, 0) is 4.79 Å². The van der Waals surface area contributed by atoms with Crippen LogP contribution in [0.4, 0.5) is 10.1 Å². The molecule has 0 radical (unpaired) electrons. The number of halogens is 1. The minimum atomic E-state index is -0.494. The lowest BCUT2D eigenvalue weighted by atomic mass is 10.0. The lowest BCUT2D eigenvalue weighted by Gasteiger charge is -2.09. The number of pyridine rings is 2. The van der Waals surface area contributed by atoms with Gasteiger partial charge in [-0.15, -0.1) is 0 Å². The first-order chi connectivity index (χ1) is 15.4. The minimum Gasteiger partial charge on any atom is -0.346 e. The SMILES string of the molecule is Cc1cc(-c2c[nH]c3ncc(-c4ccc(F)c(NC(=O)/C=C/CN(C)C)c4)cc23)ccn1. The van der Waals surface area contributed by atoms with Gasteiger partial charge in [-0.05, 0) is 62.5 Å². The number of fused-ring (bicyclic) bond motifs is 1. The highest BCUT2D eigenvalue weighted by atomic mass is 19.1. The molecule has 0 bridgehead atoms. The maximum absolute atomic E-state index is 14.3. The Bertz CT molecular complexity index is 1310. The summed E-state index contributed by atoms with van der Waals surface area (Å²) < 4.78 is 14.3. The number of hydrogen-bond acceptors (Lipinski definition) is 4. The monoisotopic (exact) mass is 429 g/mol. The van der Waals surface area contributed by atoms with Crippen molar-refractivity contribution in [2.75, 3.05) is 26.0 Å². The van der Waals surface area contributed by atoms with E-state index in [1.807, 2.05) is 50.3 Å². The summed E-state index contributed by atoms with van der Waals surface area (Å²) in [4.78, 5) is 26.1. The van der Waals surface area contributed by atoms with E-state index in [0.29, 0.717) is 6.54 Å². The molecule has 0 spiro atoms. The van der Waals surface area contributed by atoms with Crippen LogP contribution in [-0.4, -0.2) is 46.4 Å². The molecule has 0 saturated carbocycles. The Morgan fingerprint density at radius 1 is 1.12 bits per heavy atom. The third kappa shape index (κ3) is 4.73. The van der Waals surface area contributed by atoms with E-state index in [0.717, 1.165) is 39.0 Å². The number of amides is 1. The number of likely N-dealkylation sites (N-methyl/N-ethyl adjacent to an activating group) is 1. The number of benzene rings is 1. The van der Waals surface area contributed by atoms with Crippen molar-refractivity contribution in [1.82, 2.24) is 19.9 Å². The Morgan fingerprint density at radius 3 is 2.75 bits per heavy atom. The molecule has 7 heteroatoms. The van der Waals surface area contributed by atoms with E-state index in [2.05, 4.69) is 20.3 Å². The van der Waals surface area contributed by atoms with E-state index >= 15 is 0 Å². The predicted octanol–water partition coefficient (Wildman–Crippen LogP) is 4.80. The quantitative estimate of drug-likeness (QED) is 0.432. The number of carbonyl (C=O) groups excluding carboxylic acids is 1. The predicted molar refractivity (Wildman–Crippen MR) is 126 cm³/mol. The number of aromatic nitrogens is 3. The molecule has 162 valence electrons. The van der Waals surface area contributed by atoms with Gasteiger partial charge in [0.05, 0.1) is 5.69 Å². The number of H-pyrrole nitrogens is 1. The maximum Gasteiger partial charge on any atom is 0.248 e. The summed E-state index contributed by atoms with van der Waals surface area (Å²) in [5.74, 6) is -0.871. The van der Waals surface area contributed by atoms with Gasteiger partial charge in [-0.2, -0.15) is 0 Å². The molecule has 1 amide bonds. The fraction of sp³-hybridized carbons (Fsp3) is 0.160. The number of nitrogens with zero attached hydrogens (tertiary/aromatic N) is 3. The maximum atomic E-state index is 14.3. The second-order valence-electron chi connectivity index (χ2n) is 7.86. The van der Waals surface area contributed by atoms with Gasteiger partial charge in [0.25, 0.3) is 0 Å². The zero-order chi connectivity index (χ0) is 22.7. The molecule has 1 aromatic carbocycles. The molecule has 0 atom stereocenters. The zero-order valence-corrected chi connectivity index (χ0v) is 18.2. The number of aryl methyl sites for hydroxylation is 1. The molecular formula is C25H24FN5O. The Hall–Kier alpha value is -3.84. The van der Waals surface area contributed by atoms with Crippen LogP contribution in [0.1, 0.15) is 5.69 Å². The lowest BCUT2D eigenvalue weighted by molar-refractivity contribution is -0.111. The van der Waals surface area contributed by atoms with Crippen molar-refractivity contribution in [3.63, 3.8) is 0 Å². The number of hydrogen-bond donors (Lipinski definition) is 2. The van der Waals surface area contributed by atoms with Gasteiger partial charge in [0.1, 0.15) is 11.5 Å². The number of carbonyl (C=O) groups is 1. The average Bonchev–Trinajstić information content (AvgIpc) is 3.18. The molecule has 0 unspecified atom stereocenters. The highest BCUT2D eigenvalue weighted by Crippen LogP contribution is 2.32. The van der Waals surface area contributed by atoms with E-state index in [1.54, 1.807) is 30.6 Å². The topological polar surface area (TPSA) is 73.9 Å². The fourth-order valence-electron chi connectivity index (χ4n) is 3.46. The van der Waals surface area contributed by atoms with Crippen LogP contribution >= 0.6 is 0 Å². The first-order valence-electron chi connectivity index (χ1n) is 10.2. The molecule has 3 aromatic heterocycles. The number of anilines is 1. The fourth-order valence-corrected chi connectivity index (χ4v) is 3.46. The molecule has 0 aliphatic heterocycles. The van der Waals surface area contributed by atoms with Gasteiger partial charge in [-0.3, -0.25) is 9.78 Å². The largest absolute Gasteiger partial charge is 0.346 e. The molecule has 4 rings (SSSR count). The molecule has 4 aromatic rings. The lowest BCUT2D eigenvalue weighted by Crippen LogP contribution is -2.13. The molecule has 0 fully saturated rings. The molecule has 0 aliphatic carbocycles. The summed E-state index contributed by atoms with van der Waals surface area (Å²) in [5, 5.41) is 3.57. The van der Waals surface area contributed by atoms with E-state index in [9.17, 15) is 9.18 Å². The van der Waals surface area contributed by atoms with Gasteiger partial charge in [-0.25, -0.2) is 9.37 Å². The zero-order valence-electron chi connectivity index (χ0n) is 18.2. The van der Waals surface area contributed by atoms with Crippen molar-refractivity contribution >= 4 is 22.6 Å². The Kier molecular flexibility index (Phi) is 6.09. The summed E-state index contributed by atoms with van der Waals surface area (Å²) in [7, 11) is 3.81. The van der Waals surface area contributed by atoms with Gasteiger partial charge >= 0.3 is 0 Å². The van der Waals surface area contributed by atoms with Crippen LogP contribution in [0.3, 0.4) is 0 Å². The van der Waals surface area contributed by atoms with Crippen LogP contribution in [0.15, 0.2) is 67.1 Å². The van der Waals surface area contributed by atoms with Crippen molar-refractivity contribution in [1.29, 1.82) is 0 Å². The van der Waals surface area contributed by atoms with Gasteiger partial charge in [0.2, 0.25) is 5.91 Å². The normalized spacial score (nSPS) is 11.5. The average molecular weight is 429 g/mol. The van der Waals surface area contributed by atoms with Gasteiger partial charge in [-0.1, -0.05) is 12.1 Å². The second kappa shape index (κ2) is 9.11. The van der Waals surface area contributed by atoms with Crippen LogP contribution < -0.4 is 5.32 Å². The number of nitrogens with one attached hydrogen (secondary N) is 2. The van der Waals surface area contributed by atoms with Crippen LogP contribution in [0.25, 0.3) is 33.3 Å². The molecule has 6 nitrogen and oxygen atoms in total. The molecule has 32 heavy (non-hydrogen) atoms. The van der Waals surface area contributed by atoms with Crippen molar-refractivity contribution < 1.29 is 9.18 Å². The highest BCUT2D eigenvalue weighted by Gasteiger charge is 2.12. The van der Waals surface area contributed by atoms with Crippen LogP contribution in [0.2, 0.25) is 0 Å². The van der Waals surface area contributed by atoms with Crippen molar-refractivity contribution in [3.05, 3.63) is 78.7 Å². The number of rotatable bonds is 6. The highest BCUT2D eigenvalue weighted by molar-refractivity contribution is 6.00. The second-order valence-corrected chi connectivity index (χ2v) is 7.86. The third-order valence-corrected chi connectivity index (χ3v) is 5.04. The summed E-state index contributed by atoms with van der Waals surface area (Å²) in [6, 6.07) is 10.6. The summed E-state index contributed by atoms with van der Waals surface area (Å²) in [6.45, 7) is 2.57. The minimum absolute atomic E-state index is 0.126. The summed E-state index contributed by atoms with van der Waals surface area (Å²) in [6.07, 6.45) is 8.57. The Morgan fingerprint density at radius 2 is 1.97 bits per heavy atom. The molecule has 3 heterocycles. The molecule has 0 aliphatic rings. The van der Waals surface area contributed by atoms with Gasteiger partial charge < -0.3 is 15.2 Å². The standard InChI is InChI=1S/C25H24FN5O/c1-16-11-18(8-9-27-16)21-15-29-25-20(21)12-19(14-28-25)17-6-7-22(26)23(13-17)30-24(32)5-4-10-31(2)3/h4-9,11-15H,10H2,1-3H3,(H,28,29)(H,30,32)/b5-4+. The third-order valence-electron chi connectivity index (χ3n) is 5.04. The van der Waals surface area contributed by atoms with Crippen molar-refractivity contribution in [2.24, 2.45) is 0 Å². The van der Waals surface area contributed by atoms with Gasteiger partial charge in [0.15, 0.2) is 0 Å². The number of aromatic amines is 1. The molecule has 2 N–H and O–H groups in total. The molecule has 0 saturated heterocycles. The van der Waals surface area contributed by atoms with E-state index in [-0.39, 0.29) is 11.6 Å². The molecular weight excluding hydrogens is 405 g/mol. The van der Waals surface area contributed by atoms with E-state index in [4.69, 9.17) is 0 Å². The van der Waals surface area contributed by atoms with Crippen molar-refractivity contribution in [2.45, 2.75) is 6.92 Å². The summed E-state index contributed by atoms with van der Waals surface area (Å²) in [5.41, 5.74) is 5.45. The van der Waals surface area contributed by atoms with E-state index < -0.39 is 5.82 Å². The van der Waals surface area contributed by atoms with Crippen LogP contribution in [0.5, 0.6) is 0 Å². The van der Waals surface area contributed by atoms with E-state index in [1.165, 1.54) is 12.1 Å². The van der Waals surface area contributed by atoms with Crippen LogP contribution in [0, 0.1) is 12.7 Å². The smallest absolute Gasteiger partial charge is 0.248 e. The first kappa shape index (κ1) is 21.4.